The third-order valence-corrected chi connectivity index (χ3v) is 2.44. The zero-order valence-corrected chi connectivity index (χ0v) is 9.40. The topological polar surface area (TPSA) is 26.3 Å². The molecule has 0 heterocycles. The number of halogens is 2. The Morgan fingerprint density at radius 2 is 1.78 bits per heavy atom. The van der Waals surface area contributed by atoms with E-state index < -0.39 is 11.6 Å². The fourth-order valence-electron chi connectivity index (χ4n) is 1.46. The standard InChI is InChI=1S/C14H10F2O2/c15-13-3-1-2-11(14(13)16)9-18-12-6-4-10(8-17)5-7-12/h1-8H,9H2. The number of carbonyl (C=O) groups is 1. The predicted molar refractivity (Wildman–Crippen MR) is 62.5 cm³/mol. The SMILES string of the molecule is O=Cc1ccc(OCc2cccc(F)c2F)cc1. The van der Waals surface area contributed by atoms with Crippen LogP contribution >= 0.6 is 0 Å². The lowest BCUT2D eigenvalue weighted by Crippen LogP contribution is -2.00. The lowest BCUT2D eigenvalue weighted by Gasteiger charge is -2.07. The first-order valence-corrected chi connectivity index (χ1v) is 5.31. The molecule has 0 N–H and O–H groups in total. The lowest BCUT2D eigenvalue weighted by atomic mass is 10.2. The van der Waals surface area contributed by atoms with Gasteiger partial charge in [0.2, 0.25) is 0 Å². The Bertz CT molecular complexity index is 550. The van der Waals surface area contributed by atoms with Gasteiger partial charge in [-0.05, 0) is 30.3 Å². The lowest BCUT2D eigenvalue weighted by molar-refractivity contribution is 0.112. The molecule has 0 aliphatic rings. The summed E-state index contributed by atoms with van der Waals surface area (Å²) in [7, 11) is 0. The number of carbonyl (C=O) groups excluding carboxylic acids is 1. The van der Waals surface area contributed by atoms with Gasteiger partial charge >= 0.3 is 0 Å². The van der Waals surface area contributed by atoms with Gasteiger partial charge in [0.05, 0.1) is 0 Å². The van der Waals surface area contributed by atoms with Crippen molar-refractivity contribution in [1.82, 2.24) is 0 Å². The minimum Gasteiger partial charge on any atom is -0.489 e. The summed E-state index contributed by atoms with van der Waals surface area (Å²) >= 11 is 0. The van der Waals surface area contributed by atoms with Crippen LogP contribution in [0, 0.1) is 11.6 Å². The highest BCUT2D eigenvalue weighted by Gasteiger charge is 2.07. The second-order valence-corrected chi connectivity index (χ2v) is 3.69. The van der Waals surface area contributed by atoms with Gasteiger partial charge in [-0.1, -0.05) is 12.1 Å². The first-order chi connectivity index (χ1) is 8.70. The molecule has 2 nitrogen and oxygen atoms in total. The molecule has 0 saturated carbocycles. The van der Waals surface area contributed by atoms with Crippen LogP contribution in [-0.2, 0) is 6.61 Å². The van der Waals surface area contributed by atoms with Gasteiger partial charge in [0.25, 0.3) is 0 Å². The van der Waals surface area contributed by atoms with Gasteiger partial charge in [-0.2, -0.15) is 0 Å². The van der Waals surface area contributed by atoms with E-state index in [0.29, 0.717) is 11.3 Å². The van der Waals surface area contributed by atoms with E-state index in [4.69, 9.17) is 4.74 Å². The maximum Gasteiger partial charge on any atom is 0.165 e. The largest absolute Gasteiger partial charge is 0.489 e. The van der Waals surface area contributed by atoms with Crippen LogP contribution in [0.5, 0.6) is 5.75 Å². The van der Waals surface area contributed by atoms with Gasteiger partial charge in [0.15, 0.2) is 11.6 Å². The summed E-state index contributed by atoms with van der Waals surface area (Å²) in [5.41, 5.74) is 0.675. The van der Waals surface area contributed by atoms with Crippen molar-refractivity contribution in [3.05, 3.63) is 65.2 Å². The van der Waals surface area contributed by atoms with Gasteiger partial charge in [-0.3, -0.25) is 4.79 Å². The quantitative estimate of drug-likeness (QED) is 0.775. The molecule has 0 atom stereocenters. The molecule has 0 spiro atoms. The van der Waals surface area contributed by atoms with E-state index in [0.717, 1.165) is 12.4 Å². The number of hydrogen-bond donors (Lipinski definition) is 0. The van der Waals surface area contributed by atoms with E-state index in [1.165, 1.54) is 12.1 Å². The average molecular weight is 248 g/mol. The summed E-state index contributed by atoms with van der Waals surface area (Å²) in [4.78, 5) is 10.4. The van der Waals surface area contributed by atoms with Crippen molar-refractivity contribution >= 4 is 6.29 Å². The van der Waals surface area contributed by atoms with Gasteiger partial charge in [0.1, 0.15) is 18.6 Å². The zero-order chi connectivity index (χ0) is 13.0. The van der Waals surface area contributed by atoms with Crippen molar-refractivity contribution in [3.8, 4) is 5.75 Å². The predicted octanol–water partition coefficient (Wildman–Crippen LogP) is 3.36. The van der Waals surface area contributed by atoms with Crippen LogP contribution in [0.3, 0.4) is 0 Å². The van der Waals surface area contributed by atoms with Crippen molar-refractivity contribution in [2.24, 2.45) is 0 Å². The van der Waals surface area contributed by atoms with Crippen LogP contribution in [0.4, 0.5) is 8.78 Å². The number of ether oxygens (including phenoxy) is 1. The highest BCUT2D eigenvalue weighted by Crippen LogP contribution is 2.16. The molecule has 0 saturated heterocycles. The molecule has 0 radical (unpaired) electrons. The molecule has 18 heavy (non-hydrogen) atoms. The fraction of sp³-hybridized carbons (Fsp3) is 0.0714. The van der Waals surface area contributed by atoms with Crippen LogP contribution in [0.25, 0.3) is 0 Å². The molecule has 4 heteroatoms. The molecule has 0 aliphatic carbocycles. The van der Waals surface area contributed by atoms with Crippen molar-refractivity contribution in [3.63, 3.8) is 0 Å². The second kappa shape index (κ2) is 5.40. The molecule has 2 aromatic carbocycles. The van der Waals surface area contributed by atoms with Gasteiger partial charge in [-0.15, -0.1) is 0 Å². The smallest absolute Gasteiger partial charge is 0.165 e. The number of benzene rings is 2. The van der Waals surface area contributed by atoms with E-state index >= 15 is 0 Å². The third kappa shape index (κ3) is 2.71. The minimum absolute atomic E-state index is 0.0654. The van der Waals surface area contributed by atoms with Crippen LogP contribution in [0.1, 0.15) is 15.9 Å². The molecule has 0 bridgehead atoms. The Morgan fingerprint density at radius 1 is 1.06 bits per heavy atom. The van der Waals surface area contributed by atoms with Crippen molar-refractivity contribution in [2.45, 2.75) is 6.61 Å². The highest BCUT2D eigenvalue weighted by atomic mass is 19.2. The molecular formula is C14H10F2O2. The third-order valence-electron chi connectivity index (χ3n) is 2.44. The van der Waals surface area contributed by atoms with E-state index in [9.17, 15) is 13.6 Å². The number of aldehydes is 1. The van der Waals surface area contributed by atoms with Crippen LogP contribution in [0.2, 0.25) is 0 Å². The van der Waals surface area contributed by atoms with E-state index in [1.807, 2.05) is 0 Å². The second-order valence-electron chi connectivity index (χ2n) is 3.69. The first-order valence-electron chi connectivity index (χ1n) is 5.31. The summed E-state index contributed by atoms with van der Waals surface area (Å²) in [5, 5.41) is 0. The van der Waals surface area contributed by atoms with E-state index in [1.54, 1.807) is 24.3 Å². The summed E-state index contributed by atoms with van der Waals surface area (Å²) in [5.74, 6) is -1.31. The Morgan fingerprint density at radius 3 is 2.44 bits per heavy atom. The summed E-state index contributed by atoms with van der Waals surface area (Å²) in [6.45, 7) is -0.0654. The van der Waals surface area contributed by atoms with Crippen molar-refractivity contribution < 1.29 is 18.3 Å². The first kappa shape index (κ1) is 12.2. The Hall–Kier alpha value is -2.23. The van der Waals surface area contributed by atoms with Gasteiger partial charge in [0, 0.05) is 11.1 Å². The minimum atomic E-state index is -0.901. The molecule has 0 aliphatic heterocycles. The summed E-state index contributed by atoms with van der Waals surface area (Å²) < 4.78 is 31.6. The maximum atomic E-state index is 13.3. The molecule has 2 aromatic rings. The highest BCUT2D eigenvalue weighted by molar-refractivity contribution is 5.74. The van der Waals surface area contributed by atoms with Crippen LogP contribution < -0.4 is 4.74 Å². The molecular weight excluding hydrogens is 238 g/mol. The fourth-order valence-corrected chi connectivity index (χ4v) is 1.46. The van der Waals surface area contributed by atoms with Crippen LogP contribution in [-0.4, -0.2) is 6.29 Å². The van der Waals surface area contributed by atoms with Crippen LogP contribution in [0.15, 0.2) is 42.5 Å². The maximum absolute atomic E-state index is 13.3. The Labute approximate surface area is 103 Å². The monoisotopic (exact) mass is 248 g/mol. The van der Waals surface area contributed by atoms with E-state index in [2.05, 4.69) is 0 Å². The summed E-state index contributed by atoms with van der Waals surface area (Å²) in [6.07, 6.45) is 0.718. The Balaban J connectivity index is 2.06. The molecule has 0 amide bonds. The molecule has 92 valence electrons. The number of rotatable bonds is 4. The molecule has 2 rings (SSSR count). The Kier molecular flexibility index (Phi) is 3.67. The van der Waals surface area contributed by atoms with Crippen molar-refractivity contribution in [2.75, 3.05) is 0 Å². The van der Waals surface area contributed by atoms with Crippen molar-refractivity contribution in [1.29, 1.82) is 0 Å². The summed E-state index contributed by atoms with van der Waals surface area (Å²) in [6, 6.07) is 10.3. The normalized spacial score (nSPS) is 10.1. The van der Waals surface area contributed by atoms with E-state index in [-0.39, 0.29) is 12.2 Å². The average Bonchev–Trinajstić information content (AvgIpc) is 2.41. The molecule has 0 aromatic heterocycles. The zero-order valence-electron chi connectivity index (χ0n) is 9.40. The molecule has 0 unspecified atom stereocenters. The number of hydrogen-bond acceptors (Lipinski definition) is 2. The van der Waals surface area contributed by atoms with Gasteiger partial charge in [-0.25, -0.2) is 8.78 Å². The van der Waals surface area contributed by atoms with Gasteiger partial charge < -0.3 is 4.74 Å². The molecule has 0 fully saturated rings.